The SMILES string of the molecule is CC(NCc1ccc(O)c(F)c1)c1cc2ccccc2o1. The highest BCUT2D eigenvalue weighted by molar-refractivity contribution is 5.77. The molecule has 0 aliphatic carbocycles. The van der Waals surface area contributed by atoms with Crippen molar-refractivity contribution in [2.45, 2.75) is 19.5 Å². The van der Waals surface area contributed by atoms with Crippen LogP contribution in [0, 0.1) is 5.82 Å². The van der Waals surface area contributed by atoms with Gasteiger partial charge in [0.1, 0.15) is 11.3 Å². The Balaban J connectivity index is 1.70. The minimum Gasteiger partial charge on any atom is -0.505 e. The lowest BCUT2D eigenvalue weighted by atomic mass is 10.1. The number of nitrogens with one attached hydrogen (secondary N) is 1. The minimum absolute atomic E-state index is 0.00858. The van der Waals surface area contributed by atoms with Gasteiger partial charge in [-0.05, 0) is 36.8 Å². The molecule has 0 amide bonds. The number of para-hydroxylation sites is 1. The van der Waals surface area contributed by atoms with Crippen LogP contribution in [0.25, 0.3) is 11.0 Å². The maximum absolute atomic E-state index is 13.3. The molecule has 1 unspecified atom stereocenters. The number of benzene rings is 2. The molecule has 0 spiro atoms. The number of aromatic hydroxyl groups is 1. The largest absolute Gasteiger partial charge is 0.505 e. The lowest BCUT2D eigenvalue weighted by molar-refractivity contribution is 0.429. The van der Waals surface area contributed by atoms with Gasteiger partial charge < -0.3 is 14.8 Å². The third kappa shape index (κ3) is 2.90. The van der Waals surface area contributed by atoms with Crippen molar-refractivity contribution in [1.82, 2.24) is 5.32 Å². The molecule has 0 aliphatic rings. The zero-order valence-corrected chi connectivity index (χ0v) is 11.6. The van der Waals surface area contributed by atoms with Crippen molar-refractivity contribution >= 4 is 11.0 Å². The van der Waals surface area contributed by atoms with Crippen LogP contribution < -0.4 is 5.32 Å². The van der Waals surface area contributed by atoms with Crippen molar-refractivity contribution in [3.63, 3.8) is 0 Å². The Hall–Kier alpha value is -2.33. The van der Waals surface area contributed by atoms with Crippen LogP contribution in [0.4, 0.5) is 4.39 Å². The fourth-order valence-corrected chi connectivity index (χ4v) is 2.25. The Morgan fingerprint density at radius 3 is 2.76 bits per heavy atom. The predicted molar refractivity (Wildman–Crippen MR) is 79.5 cm³/mol. The van der Waals surface area contributed by atoms with Crippen molar-refractivity contribution in [2.24, 2.45) is 0 Å². The molecule has 4 heteroatoms. The van der Waals surface area contributed by atoms with Crippen LogP contribution in [0.1, 0.15) is 24.3 Å². The minimum atomic E-state index is -0.606. The molecule has 1 heterocycles. The van der Waals surface area contributed by atoms with Crippen molar-refractivity contribution in [1.29, 1.82) is 0 Å². The highest BCUT2D eigenvalue weighted by Gasteiger charge is 2.11. The van der Waals surface area contributed by atoms with Crippen LogP contribution in [0.5, 0.6) is 5.75 Å². The summed E-state index contributed by atoms with van der Waals surface area (Å²) in [6.45, 7) is 2.49. The van der Waals surface area contributed by atoms with Gasteiger partial charge in [-0.15, -0.1) is 0 Å². The first-order chi connectivity index (χ1) is 10.1. The molecule has 0 bridgehead atoms. The molecular weight excluding hydrogens is 269 g/mol. The van der Waals surface area contributed by atoms with E-state index in [1.165, 1.54) is 12.1 Å². The number of phenolic OH excluding ortho intramolecular Hbond substituents is 1. The normalized spacial score (nSPS) is 12.7. The standard InChI is InChI=1S/C17H16FNO2/c1-11(17-9-13-4-2-3-5-16(13)21-17)19-10-12-6-7-15(20)14(18)8-12/h2-9,11,19-20H,10H2,1H3. The second-order valence-corrected chi connectivity index (χ2v) is 5.07. The quantitative estimate of drug-likeness (QED) is 0.757. The number of fused-ring (bicyclic) bond motifs is 1. The van der Waals surface area contributed by atoms with E-state index in [0.717, 1.165) is 22.3 Å². The maximum atomic E-state index is 13.3. The summed E-state index contributed by atoms with van der Waals surface area (Å²) in [6, 6.07) is 14.2. The van der Waals surface area contributed by atoms with Gasteiger partial charge in [0, 0.05) is 11.9 Å². The van der Waals surface area contributed by atoms with Crippen LogP contribution in [-0.4, -0.2) is 5.11 Å². The molecule has 0 saturated carbocycles. The highest BCUT2D eigenvalue weighted by atomic mass is 19.1. The Morgan fingerprint density at radius 1 is 1.19 bits per heavy atom. The molecule has 3 nitrogen and oxygen atoms in total. The van der Waals surface area contributed by atoms with Gasteiger partial charge >= 0.3 is 0 Å². The number of phenols is 1. The molecule has 2 N–H and O–H groups in total. The number of hydrogen-bond acceptors (Lipinski definition) is 3. The summed E-state index contributed by atoms with van der Waals surface area (Å²) in [5.74, 6) is -0.0924. The average molecular weight is 285 g/mol. The van der Waals surface area contributed by atoms with Gasteiger partial charge in [-0.2, -0.15) is 0 Å². The third-order valence-corrected chi connectivity index (χ3v) is 3.50. The third-order valence-electron chi connectivity index (χ3n) is 3.50. The van der Waals surface area contributed by atoms with Gasteiger partial charge in [0.2, 0.25) is 0 Å². The molecule has 3 rings (SSSR count). The van der Waals surface area contributed by atoms with E-state index >= 15 is 0 Å². The van der Waals surface area contributed by atoms with Gasteiger partial charge in [-0.3, -0.25) is 0 Å². The second kappa shape index (κ2) is 5.58. The lowest BCUT2D eigenvalue weighted by Gasteiger charge is -2.11. The number of furan rings is 1. The molecule has 3 aromatic rings. The van der Waals surface area contributed by atoms with Crippen LogP contribution in [0.15, 0.2) is 52.9 Å². The first kappa shape index (κ1) is 13.6. The van der Waals surface area contributed by atoms with E-state index in [-0.39, 0.29) is 11.8 Å². The predicted octanol–water partition coefficient (Wildman–Crippen LogP) is 4.13. The Bertz CT molecular complexity index is 733. The molecule has 0 fully saturated rings. The van der Waals surface area contributed by atoms with E-state index in [1.54, 1.807) is 6.07 Å². The summed E-state index contributed by atoms with van der Waals surface area (Å²) >= 11 is 0. The first-order valence-corrected chi connectivity index (χ1v) is 6.83. The number of halogens is 1. The summed E-state index contributed by atoms with van der Waals surface area (Å²) in [5.41, 5.74) is 1.63. The average Bonchev–Trinajstić information content (AvgIpc) is 2.92. The molecule has 108 valence electrons. The van der Waals surface area contributed by atoms with Crippen molar-refractivity contribution < 1.29 is 13.9 Å². The zero-order chi connectivity index (χ0) is 14.8. The van der Waals surface area contributed by atoms with E-state index in [9.17, 15) is 4.39 Å². The molecular formula is C17H16FNO2. The van der Waals surface area contributed by atoms with Crippen LogP contribution in [-0.2, 0) is 6.54 Å². The van der Waals surface area contributed by atoms with E-state index in [0.29, 0.717) is 6.54 Å². The van der Waals surface area contributed by atoms with Gasteiger partial charge in [-0.1, -0.05) is 24.3 Å². The monoisotopic (exact) mass is 285 g/mol. The Morgan fingerprint density at radius 2 is 2.00 bits per heavy atom. The Kier molecular flexibility index (Phi) is 3.62. The summed E-state index contributed by atoms with van der Waals surface area (Å²) in [5, 5.41) is 13.5. The highest BCUT2D eigenvalue weighted by Crippen LogP contribution is 2.24. The first-order valence-electron chi connectivity index (χ1n) is 6.83. The number of rotatable bonds is 4. The summed E-state index contributed by atoms with van der Waals surface area (Å²) < 4.78 is 19.1. The van der Waals surface area contributed by atoms with E-state index in [4.69, 9.17) is 9.52 Å². The van der Waals surface area contributed by atoms with E-state index < -0.39 is 5.82 Å². The van der Waals surface area contributed by atoms with Crippen molar-refractivity contribution in [2.75, 3.05) is 0 Å². The zero-order valence-electron chi connectivity index (χ0n) is 11.6. The van der Waals surface area contributed by atoms with Gasteiger partial charge in [0.15, 0.2) is 11.6 Å². The molecule has 0 radical (unpaired) electrons. The molecule has 21 heavy (non-hydrogen) atoms. The lowest BCUT2D eigenvalue weighted by Crippen LogP contribution is -2.17. The topological polar surface area (TPSA) is 45.4 Å². The van der Waals surface area contributed by atoms with Crippen molar-refractivity contribution in [3.8, 4) is 5.75 Å². The van der Waals surface area contributed by atoms with Crippen LogP contribution >= 0.6 is 0 Å². The van der Waals surface area contributed by atoms with Gasteiger partial charge in [0.25, 0.3) is 0 Å². The van der Waals surface area contributed by atoms with E-state index in [2.05, 4.69) is 5.32 Å². The maximum Gasteiger partial charge on any atom is 0.165 e. The van der Waals surface area contributed by atoms with Gasteiger partial charge in [0.05, 0.1) is 6.04 Å². The number of hydrogen-bond donors (Lipinski definition) is 2. The fourth-order valence-electron chi connectivity index (χ4n) is 2.25. The summed E-state index contributed by atoms with van der Waals surface area (Å²) in [6.07, 6.45) is 0. The fraction of sp³-hybridized carbons (Fsp3) is 0.176. The van der Waals surface area contributed by atoms with Crippen LogP contribution in [0.3, 0.4) is 0 Å². The molecule has 2 aromatic carbocycles. The molecule has 0 aliphatic heterocycles. The second-order valence-electron chi connectivity index (χ2n) is 5.07. The van der Waals surface area contributed by atoms with Gasteiger partial charge in [-0.25, -0.2) is 4.39 Å². The van der Waals surface area contributed by atoms with E-state index in [1.807, 2.05) is 37.3 Å². The summed E-state index contributed by atoms with van der Waals surface area (Å²) in [4.78, 5) is 0. The molecule has 0 saturated heterocycles. The summed E-state index contributed by atoms with van der Waals surface area (Å²) in [7, 11) is 0. The Labute approximate surface area is 122 Å². The van der Waals surface area contributed by atoms with Crippen molar-refractivity contribution in [3.05, 3.63) is 65.7 Å². The van der Waals surface area contributed by atoms with Crippen LogP contribution in [0.2, 0.25) is 0 Å². The molecule has 1 aromatic heterocycles. The smallest absolute Gasteiger partial charge is 0.165 e. The molecule has 1 atom stereocenters.